The van der Waals surface area contributed by atoms with Gasteiger partial charge in [-0.15, -0.1) is 12.4 Å². The highest BCUT2D eigenvalue weighted by atomic mass is 35.5. The number of alkyl halides is 2. The first kappa shape index (κ1) is 15.4. The van der Waals surface area contributed by atoms with Gasteiger partial charge in [-0.25, -0.2) is 18.0 Å². The molecule has 0 bridgehead atoms. The Hall–Kier alpha value is -1.63. The fourth-order valence-corrected chi connectivity index (χ4v) is 1.74. The summed E-state index contributed by atoms with van der Waals surface area (Å²) in [6.07, 6.45) is -0.947. The van der Waals surface area contributed by atoms with Crippen molar-refractivity contribution in [1.82, 2.24) is 5.32 Å². The van der Waals surface area contributed by atoms with E-state index in [0.717, 1.165) is 18.2 Å². The summed E-state index contributed by atoms with van der Waals surface area (Å²) in [5.41, 5.74) is 0.000509. The summed E-state index contributed by atoms with van der Waals surface area (Å²) in [6.45, 7) is -1.02. The quantitative estimate of drug-likeness (QED) is 0.913. The van der Waals surface area contributed by atoms with E-state index in [0.29, 0.717) is 0 Å². The third-order valence-electron chi connectivity index (χ3n) is 2.59. The molecule has 4 nitrogen and oxygen atoms in total. The number of alkyl carbamates (subject to hydrolysis) is 1. The van der Waals surface area contributed by atoms with E-state index in [2.05, 4.69) is 4.74 Å². The number of carbonyl (C=O) groups excluding carboxylic acids is 1. The summed E-state index contributed by atoms with van der Waals surface area (Å²) in [5.74, 6) is -3.96. The van der Waals surface area contributed by atoms with E-state index >= 15 is 0 Å². The summed E-state index contributed by atoms with van der Waals surface area (Å²) in [6, 6.07) is 1.55. The Kier molecular flexibility index (Phi) is 4.52. The molecule has 0 aliphatic carbocycles. The topological polar surface area (TPSA) is 47.6 Å². The molecule has 8 heteroatoms. The van der Waals surface area contributed by atoms with Crippen molar-refractivity contribution in [3.63, 3.8) is 0 Å². The third kappa shape index (κ3) is 3.04. The van der Waals surface area contributed by atoms with Gasteiger partial charge in [0.1, 0.15) is 17.6 Å². The summed E-state index contributed by atoms with van der Waals surface area (Å²) < 4.78 is 49.4. The molecule has 1 saturated heterocycles. The molecule has 1 aliphatic heterocycles. The van der Waals surface area contributed by atoms with E-state index in [9.17, 15) is 18.0 Å². The average molecular weight is 298 g/mol. The third-order valence-corrected chi connectivity index (χ3v) is 2.59. The first-order chi connectivity index (χ1) is 8.44. The molecule has 0 radical (unpaired) electrons. The predicted octanol–water partition coefficient (Wildman–Crippen LogP) is 2.67. The van der Waals surface area contributed by atoms with Crippen LogP contribution in [0.4, 0.5) is 18.0 Å². The Morgan fingerprint density at radius 1 is 1.47 bits per heavy atom. The van der Waals surface area contributed by atoms with Gasteiger partial charge in [0, 0.05) is 11.6 Å². The first-order valence-electron chi connectivity index (χ1n) is 5.08. The second-order valence-corrected chi connectivity index (χ2v) is 3.80. The van der Waals surface area contributed by atoms with Crippen LogP contribution in [0.25, 0.3) is 0 Å². The highest BCUT2D eigenvalue weighted by Crippen LogP contribution is 2.38. The van der Waals surface area contributed by atoms with Gasteiger partial charge in [0.05, 0.1) is 7.11 Å². The van der Waals surface area contributed by atoms with Crippen molar-refractivity contribution < 1.29 is 27.4 Å². The van der Waals surface area contributed by atoms with Crippen molar-refractivity contribution in [2.24, 2.45) is 0 Å². The zero-order chi connectivity index (χ0) is 13.3. The lowest BCUT2D eigenvalue weighted by atomic mass is 9.99. The Labute approximate surface area is 113 Å². The largest absolute Gasteiger partial charge is 0.496 e. The molecular formula is C11H11ClF3NO3. The van der Waals surface area contributed by atoms with Crippen molar-refractivity contribution in [2.45, 2.75) is 12.0 Å². The van der Waals surface area contributed by atoms with Crippen molar-refractivity contribution in [3.8, 4) is 5.75 Å². The van der Waals surface area contributed by atoms with Crippen LogP contribution in [0.3, 0.4) is 0 Å². The fraction of sp³-hybridized carbons (Fsp3) is 0.364. The second-order valence-electron chi connectivity index (χ2n) is 3.80. The molecule has 2 rings (SSSR count). The number of nitrogens with one attached hydrogen (secondary N) is 1. The van der Waals surface area contributed by atoms with Crippen molar-refractivity contribution in [2.75, 3.05) is 13.7 Å². The Morgan fingerprint density at radius 3 is 2.79 bits per heavy atom. The molecule has 19 heavy (non-hydrogen) atoms. The maximum atomic E-state index is 13.7. The van der Waals surface area contributed by atoms with Crippen LogP contribution in [0, 0.1) is 5.82 Å². The zero-order valence-electron chi connectivity index (χ0n) is 9.78. The lowest BCUT2D eigenvalue weighted by molar-refractivity contribution is -0.104. The van der Waals surface area contributed by atoms with E-state index in [-0.39, 0.29) is 23.7 Å². The molecule has 1 amide bonds. The van der Waals surface area contributed by atoms with Gasteiger partial charge < -0.3 is 14.8 Å². The van der Waals surface area contributed by atoms with E-state index in [4.69, 9.17) is 4.74 Å². The van der Waals surface area contributed by atoms with Crippen molar-refractivity contribution in [1.29, 1.82) is 0 Å². The summed E-state index contributed by atoms with van der Waals surface area (Å²) in [5, 5.41) is 2.00. The molecule has 1 aromatic rings. The first-order valence-corrected chi connectivity index (χ1v) is 5.08. The zero-order valence-corrected chi connectivity index (χ0v) is 10.6. The van der Waals surface area contributed by atoms with Gasteiger partial charge in [-0.2, -0.15) is 0 Å². The molecule has 1 aromatic carbocycles. The van der Waals surface area contributed by atoms with Crippen LogP contribution in [0.15, 0.2) is 18.2 Å². The van der Waals surface area contributed by atoms with Crippen molar-refractivity contribution >= 4 is 18.5 Å². The van der Waals surface area contributed by atoms with E-state index in [1.165, 1.54) is 7.11 Å². The summed E-state index contributed by atoms with van der Waals surface area (Å²) in [7, 11) is 1.23. The Balaban J connectivity index is 0.00000180. The van der Waals surface area contributed by atoms with Gasteiger partial charge >= 0.3 is 12.0 Å². The Morgan fingerprint density at radius 2 is 2.16 bits per heavy atom. The highest BCUT2D eigenvalue weighted by molar-refractivity contribution is 5.85. The molecule has 0 unspecified atom stereocenters. The summed E-state index contributed by atoms with van der Waals surface area (Å²) >= 11 is 0. The number of cyclic esters (lactones) is 1. The number of amides is 1. The number of benzene rings is 1. The van der Waals surface area contributed by atoms with Crippen LogP contribution in [0.1, 0.15) is 11.6 Å². The average Bonchev–Trinajstić information content (AvgIpc) is 2.32. The lowest BCUT2D eigenvalue weighted by Crippen LogP contribution is -2.49. The molecule has 1 atom stereocenters. The number of rotatable bonds is 2. The van der Waals surface area contributed by atoms with Gasteiger partial charge in [0.25, 0.3) is 0 Å². The maximum Gasteiger partial charge on any atom is 0.408 e. The van der Waals surface area contributed by atoms with Crippen LogP contribution in [-0.2, 0) is 4.74 Å². The highest BCUT2D eigenvalue weighted by Gasteiger charge is 2.47. The molecule has 106 valence electrons. The lowest BCUT2D eigenvalue weighted by Gasteiger charge is -2.32. The van der Waals surface area contributed by atoms with Gasteiger partial charge in [-0.3, -0.25) is 0 Å². The van der Waals surface area contributed by atoms with E-state index < -0.39 is 30.5 Å². The minimum atomic E-state index is -3.29. The van der Waals surface area contributed by atoms with Gasteiger partial charge in [-0.1, -0.05) is 6.07 Å². The molecule has 0 aromatic heterocycles. The Bertz CT molecular complexity index is 484. The number of carbonyl (C=O) groups is 1. The SMILES string of the molecule is COc1cc(F)ccc1[C@@H]1NC(=O)OCC1(F)F.Cl. The minimum absolute atomic E-state index is 0. The van der Waals surface area contributed by atoms with Gasteiger partial charge in [0.15, 0.2) is 6.61 Å². The number of hydrogen-bond donors (Lipinski definition) is 1. The number of methoxy groups -OCH3 is 1. The van der Waals surface area contributed by atoms with Crippen LogP contribution in [-0.4, -0.2) is 25.7 Å². The van der Waals surface area contributed by atoms with Crippen LogP contribution >= 0.6 is 12.4 Å². The molecule has 1 N–H and O–H groups in total. The molecule has 1 heterocycles. The normalized spacial score (nSPS) is 20.8. The van der Waals surface area contributed by atoms with Gasteiger partial charge in [-0.05, 0) is 6.07 Å². The molecule has 1 fully saturated rings. The molecule has 0 saturated carbocycles. The number of ether oxygens (including phenoxy) is 2. The molecule has 1 aliphatic rings. The van der Waals surface area contributed by atoms with Crippen LogP contribution in [0.5, 0.6) is 5.75 Å². The van der Waals surface area contributed by atoms with Crippen LogP contribution in [0.2, 0.25) is 0 Å². The monoisotopic (exact) mass is 297 g/mol. The maximum absolute atomic E-state index is 13.7. The molecule has 0 spiro atoms. The predicted molar refractivity (Wildman–Crippen MR) is 62.4 cm³/mol. The number of hydrogen-bond acceptors (Lipinski definition) is 3. The molecular weight excluding hydrogens is 287 g/mol. The smallest absolute Gasteiger partial charge is 0.408 e. The van der Waals surface area contributed by atoms with Gasteiger partial charge in [0.2, 0.25) is 0 Å². The second kappa shape index (κ2) is 5.56. The van der Waals surface area contributed by atoms with E-state index in [1.54, 1.807) is 0 Å². The van der Waals surface area contributed by atoms with Crippen molar-refractivity contribution in [3.05, 3.63) is 29.6 Å². The van der Waals surface area contributed by atoms with Crippen LogP contribution < -0.4 is 10.1 Å². The minimum Gasteiger partial charge on any atom is -0.496 e. The number of halogens is 4. The van der Waals surface area contributed by atoms with E-state index in [1.807, 2.05) is 5.32 Å². The fourth-order valence-electron chi connectivity index (χ4n) is 1.74. The standard InChI is InChI=1S/C11H10F3NO3.ClH/c1-17-8-4-6(12)2-3-7(8)9-11(13,14)5-18-10(16)15-9;/h2-4,9H,5H2,1H3,(H,15,16);1H/t9-;/m0./s1. The summed E-state index contributed by atoms with van der Waals surface area (Å²) in [4.78, 5) is 11.0.